The number of thioether (sulfide) groups is 1. The fourth-order valence-corrected chi connectivity index (χ4v) is 2.99. The van der Waals surface area contributed by atoms with Crippen molar-refractivity contribution in [1.82, 2.24) is 25.5 Å². The van der Waals surface area contributed by atoms with Crippen LogP contribution in [0.2, 0.25) is 5.02 Å². The number of nitrogens with one attached hydrogen (secondary N) is 1. The van der Waals surface area contributed by atoms with Gasteiger partial charge in [0.05, 0.1) is 0 Å². The molecule has 0 unspecified atom stereocenters. The molecule has 0 saturated heterocycles. The van der Waals surface area contributed by atoms with Gasteiger partial charge >= 0.3 is 0 Å². The molecular formula is C14H18ClN5OS. The van der Waals surface area contributed by atoms with Crippen LogP contribution in [-0.4, -0.2) is 37.9 Å². The molecule has 1 aromatic heterocycles. The lowest BCUT2D eigenvalue weighted by Crippen LogP contribution is -2.34. The van der Waals surface area contributed by atoms with E-state index in [4.69, 9.17) is 11.6 Å². The van der Waals surface area contributed by atoms with Gasteiger partial charge in [-0.3, -0.25) is 4.79 Å². The van der Waals surface area contributed by atoms with Gasteiger partial charge in [-0.25, -0.2) is 4.68 Å². The third kappa shape index (κ3) is 5.31. The topological polar surface area (TPSA) is 72.7 Å². The van der Waals surface area contributed by atoms with Crippen LogP contribution < -0.4 is 5.32 Å². The molecular weight excluding hydrogens is 322 g/mol. The Balaban J connectivity index is 1.71. The molecule has 1 N–H and O–H groups in total. The molecule has 0 spiro atoms. The number of aromatic nitrogens is 4. The van der Waals surface area contributed by atoms with Gasteiger partial charge in [0.25, 0.3) is 0 Å². The first kappa shape index (κ1) is 16.8. The van der Waals surface area contributed by atoms with Gasteiger partial charge in [0.1, 0.15) is 0 Å². The summed E-state index contributed by atoms with van der Waals surface area (Å²) in [6, 6.07) is 7.74. The molecule has 0 radical (unpaired) electrons. The number of benzene rings is 1. The Labute approximate surface area is 138 Å². The SMILES string of the molecule is C[C@H](Cc1cccc(Cl)c1)NC(=O)CCSc1nnnn1C. The zero-order chi connectivity index (χ0) is 15.9. The number of hydrogen-bond acceptors (Lipinski definition) is 5. The summed E-state index contributed by atoms with van der Waals surface area (Å²) in [6.07, 6.45) is 1.18. The Bertz CT molecular complexity index is 633. The normalized spacial score (nSPS) is 12.1. The van der Waals surface area contributed by atoms with Crippen molar-refractivity contribution in [3.05, 3.63) is 34.9 Å². The Hall–Kier alpha value is -1.60. The highest BCUT2D eigenvalue weighted by atomic mass is 35.5. The molecule has 1 aromatic carbocycles. The minimum absolute atomic E-state index is 0.0251. The average molecular weight is 340 g/mol. The highest BCUT2D eigenvalue weighted by Crippen LogP contribution is 2.14. The maximum Gasteiger partial charge on any atom is 0.221 e. The second-order valence-electron chi connectivity index (χ2n) is 4.99. The van der Waals surface area contributed by atoms with Crippen LogP contribution in [0.15, 0.2) is 29.4 Å². The summed E-state index contributed by atoms with van der Waals surface area (Å²) in [5, 5.41) is 15.6. The molecule has 0 aliphatic heterocycles. The predicted molar refractivity (Wildman–Crippen MR) is 86.9 cm³/mol. The summed E-state index contributed by atoms with van der Waals surface area (Å²) >= 11 is 7.42. The lowest BCUT2D eigenvalue weighted by Gasteiger charge is -2.14. The van der Waals surface area contributed by atoms with Crippen molar-refractivity contribution in [3.8, 4) is 0 Å². The molecule has 118 valence electrons. The number of nitrogens with zero attached hydrogens (tertiary/aromatic N) is 4. The quantitative estimate of drug-likeness (QED) is 0.782. The maximum absolute atomic E-state index is 11.9. The minimum atomic E-state index is 0.0251. The van der Waals surface area contributed by atoms with Crippen molar-refractivity contribution in [3.63, 3.8) is 0 Å². The smallest absolute Gasteiger partial charge is 0.221 e. The third-order valence-corrected chi connectivity index (χ3v) is 4.23. The number of rotatable bonds is 7. The first-order valence-corrected chi connectivity index (χ1v) is 8.30. The highest BCUT2D eigenvalue weighted by Gasteiger charge is 2.10. The minimum Gasteiger partial charge on any atom is -0.353 e. The van der Waals surface area contributed by atoms with Gasteiger partial charge in [-0.05, 0) is 41.5 Å². The molecule has 2 aromatic rings. The number of amides is 1. The van der Waals surface area contributed by atoms with E-state index in [1.54, 1.807) is 11.7 Å². The Morgan fingerprint density at radius 2 is 2.32 bits per heavy atom. The van der Waals surface area contributed by atoms with Crippen LogP contribution in [0.4, 0.5) is 0 Å². The number of carbonyl (C=O) groups is 1. The molecule has 0 aliphatic carbocycles. The summed E-state index contributed by atoms with van der Waals surface area (Å²) in [4.78, 5) is 11.9. The molecule has 22 heavy (non-hydrogen) atoms. The van der Waals surface area contributed by atoms with E-state index in [2.05, 4.69) is 20.8 Å². The molecule has 0 bridgehead atoms. The fourth-order valence-electron chi connectivity index (χ4n) is 1.99. The number of aryl methyl sites for hydroxylation is 1. The molecule has 6 nitrogen and oxygen atoms in total. The van der Waals surface area contributed by atoms with Crippen molar-refractivity contribution in [2.24, 2.45) is 7.05 Å². The summed E-state index contributed by atoms with van der Waals surface area (Å²) in [5.74, 6) is 0.668. The van der Waals surface area contributed by atoms with Crippen molar-refractivity contribution in [2.45, 2.75) is 31.0 Å². The molecule has 2 rings (SSSR count). The van der Waals surface area contributed by atoms with Gasteiger partial charge in [0, 0.05) is 30.3 Å². The Morgan fingerprint density at radius 3 is 3.00 bits per heavy atom. The van der Waals surface area contributed by atoms with Gasteiger partial charge in [-0.1, -0.05) is 35.5 Å². The van der Waals surface area contributed by atoms with Crippen LogP contribution in [0.25, 0.3) is 0 Å². The molecule has 0 fully saturated rings. The molecule has 1 amide bonds. The van der Waals surface area contributed by atoms with Gasteiger partial charge in [0.15, 0.2) is 0 Å². The second kappa shape index (κ2) is 8.14. The monoisotopic (exact) mass is 339 g/mol. The van der Waals surface area contributed by atoms with Crippen molar-refractivity contribution in [1.29, 1.82) is 0 Å². The number of tetrazole rings is 1. The van der Waals surface area contributed by atoms with Crippen molar-refractivity contribution in [2.75, 3.05) is 5.75 Å². The van der Waals surface area contributed by atoms with Gasteiger partial charge in [-0.15, -0.1) is 5.10 Å². The van der Waals surface area contributed by atoms with Crippen LogP contribution in [0.5, 0.6) is 0 Å². The largest absolute Gasteiger partial charge is 0.353 e. The highest BCUT2D eigenvalue weighted by molar-refractivity contribution is 7.99. The summed E-state index contributed by atoms with van der Waals surface area (Å²) < 4.78 is 1.59. The van der Waals surface area contributed by atoms with Crippen LogP contribution in [0.1, 0.15) is 18.9 Å². The Kier molecular flexibility index (Phi) is 6.21. The molecule has 8 heteroatoms. The van der Waals surface area contributed by atoms with Crippen LogP contribution in [0.3, 0.4) is 0 Å². The van der Waals surface area contributed by atoms with Crippen LogP contribution in [-0.2, 0) is 18.3 Å². The van der Waals surface area contributed by atoms with E-state index in [9.17, 15) is 4.79 Å². The van der Waals surface area contributed by atoms with E-state index in [1.165, 1.54) is 11.8 Å². The summed E-state index contributed by atoms with van der Waals surface area (Å²) in [6.45, 7) is 1.98. The number of halogens is 1. The van der Waals surface area contributed by atoms with E-state index in [0.29, 0.717) is 22.4 Å². The van der Waals surface area contributed by atoms with Crippen LogP contribution in [0, 0.1) is 0 Å². The maximum atomic E-state index is 11.9. The number of carbonyl (C=O) groups excluding carboxylic acids is 1. The summed E-state index contributed by atoms with van der Waals surface area (Å²) in [7, 11) is 1.77. The molecule has 1 heterocycles. The fraction of sp³-hybridized carbons (Fsp3) is 0.429. The van der Waals surface area contributed by atoms with Crippen molar-refractivity contribution < 1.29 is 4.79 Å². The van der Waals surface area contributed by atoms with Gasteiger partial charge in [0.2, 0.25) is 11.1 Å². The second-order valence-corrected chi connectivity index (χ2v) is 6.48. The van der Waals surface area contributed by atoms with E-state index in [0.717, 1.165) is 12.0 Å². The average Bonchev–Trinajstić information content (AvgIpc) is 2.84. The standard InChI is InChI=1S/C14H18ClN5OS/c1-10(8-11-4-3-5-12(15)9-11)16-13(21)6-7-22-14-17-18-19-20(14)2/h3-5,9-10H,6-8H2,1-2H3,(H,16,21)/t10-/m1/s1. The number of hydrogen-bond donors (Lipinski definition) is 1. The Morgan fingerprint density at radius 1 is 1.50 bits per heavy atom. The zero-order valence-electron chi connectivity index (χ0n) is 12.5. The van der Waals surface area contributed by atoms with E-state index in [-0.39, 0.29) is 11.9 Å². The lowest BCUT2D eigenvalue weighted by molar-refractivity contribution is -0.121. The van der Waals surface area contributed by atoms with Crippen molar-refractivity contribution >= 4 is 29.3 Å². The van der Waals surface area contributed by atoms with Gasteiger partial charge < -0.3 is 5.32 Å². The first-order chi connectivity index (χ1) is 10.5. The van der Waals surface area contributed by atoms with E-state index >= 15 is 0 Å². The molecule has 0 saturated carbocycles. The summed E-state index contributed by atoms with van der Waals surface area (Å²) in [5.41, 5.74) is 1.11. The zero-order valence-corrected chi connectivity index (χ0v) is 14.1. The lowest BCUT2D eigenvalue weighted by atomic mass is 10.1. The van der Waals surface area contributed by atoms with E-state index < -0.39 is 0 Å². The van der Waals surface area contributed by atoms with Gasteiger partial charge in [-0.2, -0.15) is 0 Å². The molecule has 1 atom stereocenters. The predicted octanol–water partition coefficient (Wildman–Crippen LogP) is 2.09. The molecule has 0 aliphatic rings. The van der Waals surface area contributed by atoms with E-state index in [1.807, 2.05) is 31.2 Å². The van der Waals surface area contributed by atoms with Crippen LogP contribution >= 0.6 is 23.4 Å². The third-order valence-electron chi connectivity index (χ3n) is 2.98. The first-order valence-electron chi connectivity index (χ1n) is 6.93.